The summed E-state index contributed by atoms with van der Waals surface area (Å²) in [5.41, 5.74) is 1.86. The molecule has 6 radical (unpaired) electrons. The van der Waals surface area contributed by atoms with Crippen molar-refractivity contribution in [2.45, 2.75) is 74.9 Å². The molecule has 1 saturated carbocycles. The van der Waals surface area contributed by atoms with Gasteiger partial charge in [-0.05, 0) is 43.8 Å². The van der Waals surface area contributed by atoms with Crippen LogP contribution in [-0.4, -0.2) is 87.0 Å². The number of pyridine rings is 1. The van der Waals surface area contributed by atoms with E-state index < -0.39 is 5.30 Å². The van der Waals surface area contributed by atoms with Gasteiger partial charge in [-0.1, -0.05) is 0 Å². The van der Waals surface area contributed by atoms with E-state index in [2.05, 4.69) is 15.3 Å². The lowest BCUT2D eigenvalue weighted by atomic mass is 9.52. The molecule has 0 amide bonds. The molecule has 2 aromatic heterocycles. The van der Waals surface area contributed by atoms with Crippen molar-refractivity contribution < 1.29 is 19.3 Å². The molecule has 0 spiro atoms. The topological polar surface area (TPSA) is 98.6 Å². The van der Waals surface area contributed by atoms with Gasteiger partial charge in [0.15, 0.2) is 0 Å². The first kappa shape index (κ1) is 24.3. The normalized spacial score (nSPS) is 23.3. The molecular formula is C22H29B3N4O4. The Balaban J connectivity index is 1.61. The summed E-state index contributed by atoms with van der Waals surface area (Å²) in [5, 5.41) is 12.2. The van der Waals surface area contributed by atoms with E-state index in [1.165, 1.54) is 0 Å². The number of fused-ring (bicyclic) bond motifs is 1. The van der Waals surface area contributed by atoms with E-state index in [0.29, 0.717) is 25.0 Å². The molecule has 1 aliphatic carbocycles. The van der Waals surface area contributed by atoms with Crippen LogP contribution in [0.15, 0.2) is 12.4 Å². The van der Waals surface area contributed by atoms with Gasteiger partial charge in [0, 0.05) is 36.8 Å². The molecule has 8 nitrogen and oxygen atoms in total. The number of anilines is 1. The predicted octanol–water partition coefficient (Wildman–Crippen LogP) is 1.53. The quantitative estimate of drug-likeness (QED) is 0.590. The third-order valence-electron chi connectivity index (χ3n) is 6.16. The number of hydrogen-bond acceptors (Lipinski definition) is 8. The zero-order valence-electron chi connectivity index (χ0n) is 19.1. The average Bonchev–Trinajstić information content (AvgIpc) is 2.79. The minimum absolute atomic E-state index is 0.0594. The first-order valence-electron chi connectivity index (χ1n) is 11.6. The average molecular weight is 446 g/mol. The van der Waals surface area contributed by atoms with E-state index >= 15 is 0 Å². The van der Waals surface area contributed by atoms with Gasteiger partial charge in [0.25, 0.3) is 0 Å². The van der Waals surface area contributed by atoms with Crippen LogP contribution in [0.25, 0.3) is 10.9 Å². The first-order valence-corrected chi connectivity index (χ1v) is 11.6. The number of aromatic nitrogens is 3. The molecule has 2 aliphatic rings. The molecule has 1 aliphatic heterocycles. The number of aliphatic hydroxyl groups excluding tert-OH is 1. The molecular weight excluding hydrogens is 417 g/mol. The standard InChI is InChI=1S/C22H29B3N4O4/c1-13(12-32-22(23,24)25)28-21-27-11-18-19(29-21)17(14-2-4-15(30)5-3-14)10-26-20(18)33-16-6-8-31-9-7-16/h10-11,13-16,30H,2-9,12H2,1H3,(H,27,28,29)/t13-,14?,15?/m0/s1. The van der Waals surface area contributed by atoms with Crippen LogP contribution >= 0.6 is 0 Å². The van der Waals surface area contributed by atoms with Gasteiger partial charge in [-0.15, -0.1) is 0 Å². The van der Waals surface area contributed by atoms with Crippen molar-refractivity contribution in [3.8, 4) is 5.88 Å². The Labute approximate surface area is 198 Å². The third kappa shape index (κ3) is 6.61. The van der Waals surface area contributed by atoms with Crippen molar-refractivity contribution in [3.05, 3.63) is 18.0 Å². The summed E-state index contributed by atoms with van der Waals surface area (Å²) in [6, 6.07) is -0.175. The van der Waals surface area contributed by atoms with Crippen LogP contribution in [-0.2, 0) is 9.47 Å². The molecule has 0 aromatic carbocycles. The fourth-order valence-electron chi connectivity index (χ4n) is 4.35. The SMILES string of the molecule is [B]C([B])([B])OC[C@H](C)Nc1ncc2c(OC3CCOCC3)ncc(C3CCC(O)CC3)c2n1. The number of ether oxygens (including phenoxy) is 3. The molecule has 33 heavy (non-hydrogen) atoms. The molecule has 2 N–H and O–H groups in total. The van der Waals surface area contributed by atoms with Crippen LogP contribution in [0, 0.1) is 0 Å². The highest BCUT2D eigenvalue weighted by molar-refractivity contribution is 6.58. The molecule has 0 bridgehead atoms. The van der Waals surface area contributed by atoms with Gasteiger partial charge in [-0.3, -0.25) is 0 Å². The summed E-state index contributed by atoms with van der Waals surface area (Å²) in [7, 11) is 16.5. The van der Waals surface area contributed by atoms with E-state index in [1.807, 2.05) is 13.1 Å². The van der Waals surface area contributed by atoms with Crippen molar-refractivity contribution in [1.82, 2.24) is 15.0 Å². The zero-order chi connectivity index (χ0) is 23.4. The van der Waals surface area contributed by atoms with Crippen molar-refractivity contribution in [3.63, 3.8) is 0 Å². The Morgan fingerprint density at radius 2 is 1.85 bits per heavy atom. The summed E-state index contributed by atoms with van der Waals surface area (Å²) in [4.78, 5) is 14.0. The largest absolute Gasteiger partial charge is 0.474 e. The highest BCUT2D eigenvalue weighted by Crippen LogP contribution is 2.38. The van der Waals surface area contributed by atoms with Crippen LogP contribution in [0.4, 0.5) is 5.95 Å². The number of rotatable bonds is 8. The van der Waals surface area contributed by atoms with Gasteiger partial charge in [0.1, 0.15) is 6.10 Å². The number of hydrogen-bond donors (Lipinski definition) is 2. The maximum Gasteiger partial charge on any atom is 0.224 e. The zero-order valence-corrected chi connectivity index (χ0v) is 19.1. The lowest BCUT2D eigenvalue weighted by Crippen LogP contribution is -2.38. The summed E-state index contributed by atoms with van der Waals surface area (Å²) in [6.45, 7) is 3.46. The summed E-state index contributed by atoms with van der Waals surface area (Å²) in [5.74, 6) is 1.27. The Kier molecular flexibility index (Phi) is 7.81. The van der Waals surface area contributed by atoms with Crippen LogP contribution in [0.3, 0.4) is 0 Å². The summed E-state index contributed by atoms with van der Waals surface area (Å²) in [6.07, 6.45) is 8.43. The van der Waals surface area contributed by atoms with Crippen molar-refractivity contribution in [1.29, 1.82) is 0 Å². The lowest BCUT2D eigenvalue weighted by molar-refractivity contribution is 0.0244. The second-order valence-corrected chi connectivity index (χ2v) is 9.12. The maximum absolute atomic E-state index is 9.94. The second-order valence-electron chi connectivity index (χ2n) is 9.12. The third-order valence-corrected chi connectivity index (χ3v) is 6.16. The summed E-state index contributed by atoms with van der Waals surface area (Å²) < 4.78 is 16.9. The van der Waals surface area contributed by atoms with E-state index in [0.717, 1.165) is 55.0 Å². The molecule has 3 heterocycles. The molecule has 2 aromatic rings. The fraction of sp³-hybridized carbons (Fsp3) is 0.682. The predicted molar refractivity (Wildman–Crippen MR) is 128 cm³/mol. The molecule has 1 saturated heterocycles. The second kappa shape index (κ2) is 10.6. The number of aliphatic hydroxyl groups is 1. The van der Waals surface area contributed by atoms with Crippen molar-refractivity contribution in [2.75, 3.05) is 25.1 Å². The molecule has 1 atom stereocenters. The Morgan fingerprint density at radius 3 is 2.55 bits per heavy atom. The van der Waals surface area contributed by atoms with Gasteiger partial charge in [-0.2, -0.15) is 0 Å². The fourth-order valence-corrected chi connectivity index (χ4v) is 4.35. The van der Waals surface area contributed by atoms with Gasteiger partial charge in [-0.25, -0.2) is 15.0 Å². The summed E-state index contributed by atoms with van der Waals surface area (Å²) >= 11 is 0. The van der Waals surface area contributed by atoms with E-state index in [-0.39, 0.29) is 30.8 Å². The van der Waals surface area contributed by atoms with Gasteiger partial charge < -0.3 is 24.6 Å². The molecule has 4 rings (SSSR count). The Morgan fingerprint density at radius 1 is 1.12 bits per heavy atom. The van der Waals surface area contributed by atoms with Gasteiger partial charge in [0.2, 0.25) is 11.8 Å². The minimum atomic E-state index is -1.69. The van der Waals surface area contributed by atoms with Crippen LogP contribution < -0.4 is 10.1 Å². The maximum atomic E-state index is 9.94. The van der Waals surface area contributed by atoms with Crippen LogP contribution in [0.2, 0.25) is 0 Å². The highest BCUT2D eigenvalue weighted by atomic mass is 16.5. The first-order chi connectivity index (χ1) is 15.8. The molecule has 0 unspecified atom stereocenters. The van der Waals surface area contributed by atoms with Crippen LogP contribution in [0.5, 0.6) is 5.88 Å². The molecule has 2 fully saturated rings. The van der Waals surface area contributed by atoms with E-state index in [9.17, 15) is 5.11 Å². The van der Waals surface area contributed by atoms with E-state index in [4.69, 9.17) is 42.7 Å². The highest BCUT2D eigenvalue weighted by Gasteiger charge is 2.26. The molecule has 11 heteroatoms. The Bertz CT molecular complexity index is 932. The van der Waals surface area contributed by atoms with Gasteiger partial charge in [0.05, 0.1) is 60.4 Å². The smallest absolute Gasteiger partial charge is 0.224 e. The van der Waals surface area contributed by atoms with Crippen molar-refractivity contribution >= 4 is 40.4 Å². The van der Waals surface area contributed by atoms with E-state index in [1.54, 1.807) is 6.20 Å². The van der Waals surface area contributed by atoms with Crippen LogP contribution in [0.1, 0.15) is 56.9 Å². The van der Waals surface area contributed by atoms with Gasteiger partial charge >= 0.3 is 0 Å². The number of nitrogens with zero attached hydrogens (tertiary/aromatic N) is 3. The molecule has 170 valence electrons. The monoisotopic (exact) mass is 446 g/mol. The van der Waals surface area contributed by atoms with Crippen molar-refractivity contribution in [2.24, 2.45) is 0 Å². The Hall–Kier alpha value is -1.84. The number of nitrogens with one attached hydrogen (secondary N) is 1. The minimum Gasteiger partial charge on any atom is -0.474 e. The lowest BCUT2D eigenvalue weighted by Gasteiger charge is -2.27.